The molecule has 0 fully saturated rings. The second kappa shape index (κ2) is 7.14. The summed E-state index contributed by atoms with van der Waals surface area (Å²) in [7, 11) is 1.69. The van der Waals surface area contributed by atoms with E-state index in [-0.39, 0.29) is 6.04 Å². The highest BCUT2D eigenvalue weighted by atomic mass is 16.5. The van der Waals surface area contributed by atoms with E-state index in [0.717, 1.165) is 23.3 Å². The van der Waals surface area contributed by atoms with Gasteiger partial charge in [-0.15, -0.1) is 5.10 Å². The van der Waals surface area contributed by atoms with E-state index in [1.54, 1.807) is 7.11 Å². The fourth-order valence-corrected chi connectivity index (χ4v) is 2.91. The number of nitrogens with one attached hydrogen (secondary N) is 1. The molecule has 0 aliphatic heterocycles. The van der Waals surface area contributed by atoms with Crippen LogP contribution in [0.25, 0.3) is 11.2 Å². The Morgan fingerprint density at radius 1 is 1.20 bits per heavy atom. The van der Waals surface area contributed by atoms with E-state index in [1.165, 1.54) is 5.56 Å². The highest BCUT2D eigenvalue weighted by molar-refractivity contribution is 5.85. The van der Waals surface area contributed by atoms with Crippen LogP contribution in [0.15, 0.2) is 18.2 Å². The highest BCUT2D eigenvalue weighted by Gasteiger charge is 2.19. The molecule has 1 aromatic carbocycles. The number of hydrogen-bond acceptors (Lipinski definition) is 6. The first-order chi connectivity index (χ1) is 12.0. The Balaban J connectivity index is 2.05. The molecule has 0 radical (unpaired) electrons. The third-order valence-electron chi connectivity index (χ3n) is 4.25. The topological polar surface area (TPSA) is 77.8 Å². The number of fused-ring (bicyclic) bond motifs is 1. The van der Waals surface area contributed by atoms with Crippen molar-refractivity contribution in [3.05, 3.63) is 35.2 Å². The van der Waals surface area contributed by atoms with E-state index in [2.05, 4.69) is 64.6 Å². The van der Waals surface area contributed by atoms with Crippen molar-refractivity contribution in [1.82, 2.24) is 25.0 Å². The van der Waals surface area contributed by atoms with Crippen molar-refractivity contribution in [2.24, 2.45) is 0 Å². The van der Waals surface area contributed by atoms with Gasteiger partial charge in [0.05, 0.1) is 12.6 Å². The summed E-state index contributed by atoms with van der Waals surface area (Å²) in [5.41, 5.74) is 4.78. The van der Waals surface area contributed by atoms with E-state index in [1.807, 2.05) is 11.6 Å². The maximum atomic E-state index is 5.30. The SMILES string of the molecule is CCC(COC)n1nnc2c(Nc3ccc(C)cc3C)nc(C)nc21. The number of aryl methyl sites for hydroxylation is 3. The van der Waals surface area contributed by atoms with Gasteiger partial charge in [-0.1, -0.05) is 29.8 Å². The van der Waals surface area contributed by atoms with E-state index >= 15 is 0 Å². The Morgan fingerprint density at radius 3 is 2.68 bits per heavy atom. The quantitative estimate of drug-likeness (QED) is 0.740. The van der Waals surface area contributed by atoms with Crippen LogP contribution in [0, 0.1) is 20.8 Å². The number of hydrogen-bond donors (Lipinski definition) is 1. The molecule has 0 spiro atoms. The van der Waals surface area contributed by atoms with Gasteiger partial charge in [0.15, 0.2) is 17.0 Å². The van der Waals surface area contributed by atoms with Gasteiger partial charge in [0.25, 0.3) is 0 Å². The number of benzene rings is 1. The molecule has 0 aliphatic rings. The minimum Gasteiger partial charge on any atom is -0.382 e. The molecular formula is C18H24N6O. The molecule has 7 heteroatoms. The minimum atomic E-state index is 0.0956. The van der Waals surface area contributed by atoms with E-state index in [0.29, 0.717) is 23.8 Å². The van der Waals surface area contributed by atoms with Gasteiger partial charge in [0, 0.05) is 12.8 Å². The maximum Gasteiger partial charge on any atom is 0.184 e. The Hall–Kier alpha value is -2.54. The normalized spacial score (nSPS) is 12.5. The summed E-state index contributed by atoms with van der Waals surface area (Å²) in [5, 5.41) is 12.0. The molecule has 132 valence electrons. The van der Waals surface area contributed by atoms with Crippen LogP contribution in [-0.2, 0) is 4.74 Å². The molecule has 1 atom stereocenters. The van der Waals surface area contributed by atoms with Crippen LogP contribution in [0.2, 0.25) is 0 Å². The molecule has 0 aliphatic carbocycles. The monoisotopic (exact) mass is 340 g/mol. The molecule has 25 heavy (non-hydrogen) atoms. The zero-order chi connectivity index (χ0) is 18.0. The average Bonchev–Trinajstić information content (AvgIpc) is 2.99. The number of anilines is 2. The van der Waals surface area contributed by atoms with Crippen LogP contribution in [0.5, 0.6) is 0 Å². The molecular weight excluding hydrogens is 316 g/mol. The molecule has 3 rings (SSSR count). The molecule has 0 amide bonds. The van der Waals surface area contributed by atoms with Crippen LogP contribution in [0.4, 0.5) is 11.5 Å². The molecule has 0 saturated carbocycles. The highest BCUT2D eigenvalue weighted by Crippen LogP contribution is 2.26. The molecule has 1 N–H and O–H groups in total. The molecule has 7 nitrogen and oxygen atoms in total. The van der Waals surface area contributed by atoms with Crippen LogP contribution in [-0.4, -0.2) is 38.7 Å². The van der Waals surface area contributed by atoms with Gasteiger partial charge in [-0.05, 0) is 38.8 Å². The molecule has 1 unspecified atom stereocenters. The van der Waals surface area contributed by atoms with Crippen molar-refractivity contribution in [2.75, 3.05) is 19.0 Å². The third kappa shape index (κ3) is 3.46. The first kappa shape index (κ1) is 17.3. The van der Waals surface area contributed by atoms with Gasteiger partial charge >= 0.3 is 0 Å². The van der Waals surface area contributed by atoms with Crippen molar-refractivity contribution in [2.45, 2.75) is 40.2 Å². The van der Waals surface area contributed by atoms with Crippen LogP contribution in [0.3, 0.4) is 0 Å². The van der Waals surface area contributed by atoms with Crippen molar-refractivity contribution in [3.8, 4) is 0 Å². The molecule has 2 heterocycles. The van der Waals surface area contributed by atoms with Gasteiger partial charge < -0.3 is 10.1 Å². The number of methoxy groups -OCH3 is 1. The summed E-state index contributed by atoms with van der Waals surface area (Å²) in [6, 6.07) is 6.36. The lowest BCUT2D eigenvalue weighted by Gasteiger charge is -2.14. The summed E-state index contributed by atoms with van der Waals surface area (Å²) in [5.74, 6) is 1.35. The van der Waals surface area contributed by atoms with E-state index in [9.17, 15) is 0 Å². The lowest BCUT2D eigenvalue weighted by molar-refractivity contribution is 0.148. The summed E-state index contributed by atoms with van der Waals surface area (Å²) < 4.78 is 7.14. The third-order valence-corrected chi connectivity index (χ3v) is 4.25. The van der Waals surface area contributed by atoms with Crippen molar-refractivity contribution in [3.63, 3.8) is 0 Å². The van der Waals surface area contributed by atoms with Gasteiger partial charge in [-0.2, -0.15) is 0 Å². The van der Waals surface area contributed by atoms with Gasteiger partial charge in [0.1, 0.15) is 5.82 Å². The van der Waals surface area contributed by atoms with Crippen molar-refractivity contribution < 1.29 is 4.74 Å². The minimum absolute atomic E-state index is 0.0956. The second-order valence-electron chi connectivity index (χ2n) is 6.29. The number of aromatic nitrogens is 5. The Bertz CT molecular complexity index is 889. The summed E-state index contributed by atoms with van der Waals surface area (Å²) >= 11 is 0. The Kier molecular flexibility index (Phi) is 4.94. The van der Waals surface area contributed by atoms with Crippen molar-refractivity contribution >= 4 is 22.7 Å². The zero-order valence-corrected chi connectivity index (χ0v) is 15.4. The predicted molar refractivity (Wildman–Crippen MR) is 98.3 cm³/mol. The van der Waals surface area contributed by atoms with Crippen LogP contribution >= 0.6 is 0 Å². The predicted octanol–water partition coefficient (Wildman–Crippen LogP) is 3.49. The first-order valence-electron chi connectivity index (χ1n) is 8.46. The zero-order valence-electron chi connectivity index (χ0n) is 15.4. The average molecular weight is 340 g/mol. The lowest BCUT2D eigenvalue weighted by atomic mass is 10.1. The van der Waals surface area contributed by atoms with E-state index in [4.69, 9.17) is 4.74 Å². The van der Waals surface area contributed by atoms with Crippen LogP contribution < -0.4 is 5.32 Å². The molecule has 2 aromatic heterocycles. The summed E-state index contributed by atoms with van der Waals surface area (Å²) in [6.45, 7) is 8.69. The second-order valence-corrected chi connectivity index (χ2v) is 6.29. The lowest BCUT2D eigenvalue weighted by Crippen LogP contribution is -2.16. The Labute approximate surface area is 147 Å². The molecule has 3 aromatic rings. The van der Waals surface area contributed by atoms with Gasteiger partial charge in [-0.25, -0.2) is 14.6 Å². The fourth-order valence-electron chi connectivity index (χ4n) is 2.91. The number of ether oxygens (including phenoxy) is 1. The van der Waals surface area contributed by atoms with Gasteiger partial charge in [0.2, 0.25) is 0 Å². The first-order valence-corrected chi connectivity index (χ1v) is 8.46. The smallest absolute Gasteiger partial charge is 0.184 e. The maximum absolute atomic E-state index is 5.30. The summed E-state index contributed by atoms with van der Waals surface area (Å²) in [4.78, 5) is 9.09. The van der Waals surface area contributed by atoms with Gasteiger partial charge in [-0.3, -0.25) is 0 Å². The standard InChI is InChI=1S/C18H24N6O/c1-6-14(10-25-5)24-18-16(22-23-24)17(19-13(4)20-18)21-15-8-7-11(2)9-12(15)3/h7-9,14H,6,10H2,1-5H3,(H,19,20,21). The van der Waals surface area contributed by atoms with E-state index < -0.39 is 0 Å². The number of nitrogens with zero attached hydrogens (tertiary/aromatic N) is 5. The fraction of sp³-hybridized carbons (Fsp3) is 0.444. The molecule has 0 bridgehead atoms. The summed E-state index contributed by atoms with van der Waals surface area (Å²) in [6.07, 6.45) is 0.884. The molecule has 0 saturated heterocycles. The van der Waals surface area contributed by atoms with Crippen LogP contribution in [0.1, 0.15) is 36.3 Å². The largest absolute Gasteiger partial charge is 0.382 e. The number of rotatable bonds is 6. The van der Waals surface area contributed by atoms with Crippen molar-refractivity contribution in [1.29, 1.82) is 0 Å². The Morgan fingerprint density at radius 2 is 2.00 bits per heavy atom.